The number of benzene rings is 4. The summed E-state index contributed by atoms with van der Waals surface area (Å²) in [7, 11) is 0. The first-order valence-electron chi connectivity index (χ1n) is 14.5. The molecule has 8 aromatic rings. The standard InChI is InChI=1S/C17H13N5O2S.C16H11N3OS3/c23-14(20-16-18-12-8-4-5-9-13(12)19-16)10-25-17-21-15(22-24-17)11-6-2-1-3-7-11;20-14(19-15-17-10-5-1-3-7-12(10)22-15)9-21-16-18-11-6-2-4-8-13(11)23-16/h1-9H,10H2,(H2,18,19,20,23);1-8H,9H2,(H,17,19,20). The van der Waals surface area contributed by atoms with Crippen molar-refractivity contribution in [3.05, 3.63) is 103 Å². The van der Waals surface area contributed by atoms with Crippen LogP contribution in [0.5, 0.6) is 0 Å². The van der Waals surface area contributed by atoms with E-state index in [9.17, 15) is 9.59 Å². The molecule has 11 nitrogen and oxygen atoms in total. The fourth-order valence-electron chi connectivity index (χ4n) is 4.40. The number of aromatic nitrogens is 6. The second kappa shape index (κ2) is 14.8. The van der Waals surface area contributed by atoms with Gasteiger partial charge in [0.05, 0.1) is 43.0 Å². The molecule has 8 rings (SSSR count). The molecule has 15 heteroatoms. The van der Waals surface area contributed by atoms with E-state index in [-0.39, 0.29) is 17.6 Å². The third-order valence-corrected chi connectivity index (χ3v) is 10.5. The van der Waals surface area contributed by atoms with Gasteiger partial charge < -0.3 is 14.8 Å². The Hall–Kier alpha value is -5.09. The summed E-state index contributed by atoms with van der Waals surface area (Å²) >= 11 is 5.72. The normalized spacial score (nSPS) is 11.0. The van der Waals surface area contributed by atoms with Crippen molar-refractivity contribution in [1.29, 1.82) is 0 Å². The first-order chi connectivity index (χ1) is 23.6. The molecule has 2 amide bonds. The molecule has 0 radical (unpaired) electrons. The predicted molar refractivity (Wildman–Crippen MR) is 194 cm³/mol. The maximum atomic E-state index is 12.1. The van der Waals surface area contributed by atoms with Crippen LogP contribution in [0.25, 0.3) is 42.9 Å². The summed E-state index contributed by atoms with van der Waals surface area (Å²) in [4.78, 5) is 44.7. The lowest BCUT2D eigenvalue weighted by atomic mass is 10.2. The Kier molecular flexibility index (Phi) is 9.70. The molecule has 48 heavy (non-hydrogen) atoms. The molecule has 4 aromatic heterocycles. The van der Waals surface area contributed by atoms with Crippen LogP contribution in [-0.4, -0.2) is 53.4 Å². The number of nitrogens with zero attached hydrogens (tertiary/aromatic N) is 5. The Morgan fingerprint density at radius 1 is 0.667 bits per heavy atom. The molecule has 0 saturated carbocycles. The van der Waals surface area contributed by atoms with E-state index in [1.807, 2.05) is 103 Å². The first kappa shape index (κ1) is 31.5. The summed E-state index contributed by atoms with van der Waals surface area (Å²) in [5, 5.41) is 10.5. The summed E-state index contributed by atoms with van der Waals surface area (Å²) in [5.41, 5.74) is 4.42. The fraction of sp³-hybridized carbons (Fsp3) is 0.0606. The van der Waals surface area contributed by atoms with Crippen LogP contribution in [0.3, 0.4) is 0 Å². The molecule has 0 aliphatic rings. The molecule has 238 valence electrons. The number of thiazole rings is 2. The van der Waals surface area contributed by atoms with Crippen molar-refractivity contribution in [3.8, 4) is 11.4 Å². The molecular weight excluding hydrogens is 685 g/mol. The fourth-order valence-corrected chi connectivity index (χ4v) is 7.72. The van der Waals surface area contributed by atoms with Crippen LogP contribution in [0.15, 0.2) is 117 Å². The number of hydrogen-bond acceptors (Lipinski definition) is 12. The highest BCUT2D eigenvalue weighted by Crippen LogP contribution is 2.30. The van der Waals surface area contributed by atoms with Crippen molar-refractivity contribution in [2.24, 2.45) is 0 Å². The number of nitrogens with one attached hydrogen (secondary N) is 3. The molecule has 3 N–H and O–H groups in total. The third kappa shape index (κ3) is 7.88. The lowest BCUT2D eigenvalue weighted by molar-refractivity contribution is -0.114. The smallest absolute Gasteiger partial charge is 0.286 e. The molecule has 4 aromatic carbocycles. The van der Waals surface area contributed by atoms with E-state index in [1.165, 1.54) is 34.9 Å². The molecule has 0 fully saturated rings. The zero-order valence-corrected chi connectivity index (χ0v) is 28.1. The van der Waals surface area contributed by atoms with Gasteiger partial charge in [-0.15, -0.1) is 11.3 Å². The number of aromatic amines is 1. The second-order valence-electron chi connectivity index (χ2n) is 9.96. The Morgan fingerprint density at radius 2 is 1.31 bits per heavy atom. The van der Waals surface area contributed by atoms with Crippen LogP contribution in [0.4, 0.5) is 11.1 Å². The quantitative estimate of drug-likeness (QED) is 0.126. The van der Waals surface area contributed by atoms with Crippen LogP contribution in [0.2, 0.25) is 0 Å². The van der Waals surface area contributed by atoms with E-state index in [2.05, 4.69) is 40.7 Å². The number of amides is 2. The summed E-state index contributed by atoms with van der Waals surface area (Å²) in [6.45, 7) is 0. The molecule has 4 heterocycles. The lowest BCUT2D eigenvalue weighted by Gasteiger charge is -1.99. The maximum absolute atomic E-state index is 12.1. The average molecular weight is 709 g/mol. The highest BCUT2D eigenvalue weighted by Gasteiger charge is 2.13. The highest BCUT2D eigenvalue weighted by molar-refractivity contribution is 8.01. The molecule has 0 saturated heterocycles. The molecule has 0 aliphatic carbocycles. The largest absolute Gasteiger partial charge is 0.327 e. The number of carbonyl (C=O) groups excluding carboxylic acids is 2. The van der Waals surface area contributed by atoms with Gasteiger partial charge in [-0.05, 0) is 36.4 Å². The van der Waals surface area contributed by atoms with E-state index in [4.69, 9.17) is 4.52 Å². The van der Waals surface area contributed by atoms with Gasteiger partial charge in [0.25, 0.3) is 5.22 Å². The minimum absolute atomic E-state index is 0.0617. The van der Waals surface area contributed by atoms with Crippen LogP contribution < -0.4 is 10.6 Å². The van der Waals surface area contributed by atoms with E-state index >= 15 is 0 Å². The first-order valence-corrected chi connectivity index (χ1v) is 18.1. The van der Waals surface area contributed by atoms with Crippen molar-refractivity contribution in [3.63, 3.8) is 0 Å². The van der Waals surface area contributed by atoms with Gasteiger partial charge in [0.1, 0.15) is 0 Å². The molecule has 0 aliphatic heterocycles. The van der Waals surface area contributed by atoms with Crippen molar-refractivity contribution in [1.82, 2.24) is 30.1 Å². The highest BCUT2D eigenvalue weighted by atomic mass is 32.2. The maximum Gasteiger partial charge on any atom is 0.286 e. The summed E-state index contributed by atoms with van der Waals surface area (Å²) in [6, 6.07) is 32.9. The van der Waals surface area contributed by atoms with Gasteiger partial charge >= 0.3 is 0 Å². The van der Waals surface area contributed by atoms with Gasteiger partial charge in [0.15, 0.2) is 9.47 Å². The molecule has 0 spiro atoms. The van der Waals surface area contributed by atoms with E-state index in [1.54, 1.807) is 11.3 Å². The van der Waals surface area contributed by atoms with Crippen LogP contribution in [-0.2, 0) is 9.59 Å². The summed E-state index contributed by atoms with van der Waals surface area (Å²) < 4.78 is 8.29. The third-order valence-electron chi connectivity index (χ3n) is 6.55. The zero-order valence-electron chi connectivity index (χ0n) is 24.8. The van der Waals surface area contributed by atoms with Crippen LogP contribution >= 0.6 is 46.2 Å². The molecule has 0 bridgehead atoms. The van der Waals surface area contributed by atoms with E-state index in [0.717, 1.165) is 41.4 Å². The number of carbonyl (C=O) groups is 2. The molecular formula is C33H24N8O3S4. The van der Waals surface area contributed by atoms with Gasteiger partial charge in [0, 0.05) is 5.56 Å². The number of para-hydroxylation sites is 4. The Balaban J connectivity index is 0.000000152. The summed E-state index contributed by atoms with van der Waals surface area (Å²) in [6.07, 6.45) is 0. The number of anilines is 2. The minimum atomic E-state index is -0.205. The zero-order chi connectivity index (χ0) is 32.7. The topological polar surface area (TPSA) is 152 Å². The number of thioether (sulfide) groups is 2. The Labute approximate surface area is 289 Å². The van der Waals surface area contributed by atoms with Crippen molar-refractivity contribution >= 4 is 101 Å². The predicted octanol–water partition coefficient (Wildman–Crippen LogP) is 7.98. The van der Waals surface area contributed by atoms with Crippen molar-refractivity contribution in [2.75, 3.05) is 22.1 Å². The number of H-pyrrole nitrogens is 1. The van der Waals surface area contributed by atoms with Crippen molar-refractivity contribution in [2.45, 2.75) is 9.56 Å². The van der Waals surface area contributed by atoms with Gasteiger partial charge in [-0.1, -0.05) is 107 Å². The average Bonchev–Trinajstić information content (AvgIpc) is 3.92. The number of imidazole rings is 1. The van der Waals surface area contributed by atoms with Gasteiger partial charge in [-0.2, -0.15) is 4.98 Å². The van der Waals surface area contributed by atoms with Gasteiger partial charge in [-0.3, -0.25) is 14.9 Å². The second-order valence-corrected chi connectivity index (χ2v) is 14.2. The molecule has 0 unspecified atom stereocenters. The van der Waals surface area contributed by atoms with Crippen molar-refractivity contribution < 1.29 is 14.1 Å². The van der Waals surface area contributed by atoms with Crippen LogP contribution in [0, 0.1) is 0 Å². The van der Waals surface area contributed by atoms with E-state index in [0.29, 0.717) is 27.9 Å². The van der Waals surface area contributed by atoms with E-state index < -0.39 is 0 Å². The number of hydrogen-bond donors (Lipinski definition) is 3. The number of rotatable bonds is 9. The van der Waals surface area contributed by atoms with Crippen LogP contribution in [0.1, 0.15) is 0 Å². The van der Waals surface area contributed by atoms with Gasteiger partial charge in [-0.25, -0.2) is 15.0 Å². The Morgan fingerprint density at radius 3 is 2.06 bits per heavy atom. The van der Waals surface area contributed by atoms with Gasteiger partial charge in [0.2, 0.25) is 23.6 Å². The molecule has 0 atom stereocenters. The number of fused-ring (bicyclic) bond motifs is 3. The lowest BCUT2D eigenvalue weighted by Crippen LogP contribution is -2.14. The minimum Gasteiger partial charge on any atom is -0.327 e. The summed E-state index contributed by atoms with van der Waals surface area (Å²) in [5.74, 6) is 1.13. The monoisotopic (exact) mass is 708 g/mol. The SMILES string of the molecule is O=C(CSc1nc(-c2ccccc2)no1)Nc1nc2ccccc2[nH]1.O=C(CSc1nc2ccccc2s1)Nc1nc2ccccc2s1. The Bertz CT molecular complexity index is 2230.